The Morgan fingerprint density at radius 2 is 1.57 bits per heavy atom. The van der Waals surface area contributed by atoms with Crippen LogP contribution in [0.1, 0.15) is 0 Å². The zero-order valence-electron chi connectivity index (χ0n) is 4.13. The predicted molar refractivity (Wildman–Crippen MR) is 32.2 cm³/mol. The third kappa shape index (κ3) is 2.44. The Bertz CT molecular complexity index is 114. The first-order valence-electron chi connectivity index (χ1n) is 1.64. The Morgan fingerprint density at radius 3 is 1.71 bits per heavy atom. The van der Waals surface area contributed by atoms with E-state index < -0.39 is 10.8 Å². The molecule has 0 saturated heterocycles. The van der Waals surface area contributed by atoms with Crippen molar-refractivity contribution in [3.05, 3.63) is 23.0 Å². The normalized spacial score (nSPS) is 17.1. The number of rotatable bonds is 0. The predicted octanol–water partition coefficient (Wildman–Crippen LogP) is 0.395. The van der Waals surface area contributed by atoms with Gasteiger partial charge in [-0.15, -0.1) is 0 Å². The molecule has 0 bridgehead atoms. The van der Waals surface area contributed by atoms with Gasteiger partial charge in [0.25, 0.3) is 0 Å². The summed E-state index contributed by atoms with van der Waals surface area (Å²) in [5, 5.41) is 3.28. The van der Waals surface area contributed by atoms with Crippen LogP contribution in [0.5, 0.6) is 0 Å². The van der Waals surface area contributed by atoms with Gasteiger partial charge in [0.1, 0.15) is 0 Å². The standard InChI is InChI=1S/C4H4OS.Na/c5-6-3-1-2-4-6;/h1-4H;. The minimum Gasteiger partial charge on any atom is -0.250 e. The van der Waals surface area contributed by atoms with Gasteiger partial charge in [-0.1, -0.05) is 12.2 Å². The maximum absolute atomic E-state index is 10.2. The van der Waals surface area contributed by atoms with E-state index in [1.807, 2.05) is 0 Å². The Balaban J connectivity index is 0.000000360. The number of allylic oxidation sites excluding steroid dienone is 2. The van der Waals surface area contributed by atoms with Gasteiger partial charge >= 0.3 is 0 Å². The van der Waals surface area contributed by atoms with Gasteiger partial charge in [0.05, 0.1) is 10.8 Å². The summed E-state index contributed by atoms with van der Waals surface area (Å²) in [5.74, 6) is 0. The van der Waals surface area contributed by atoms with Gasteiger partial charge in [-0.25, -0.2) is 0 Å². The fourth-order valence-corrected chi connectivity index (χ4v) is 0.873. The molecule has 0 aromatic heterocycles. The van der Waals surface area contributed by atoms with Crippen LogP contribution in [0, 0.1) is 0 Å². The molecule has 1 nitrogen and oxygen atoms in total. The molecular weight excluding hydrogens is 119 g/mol. The smallest absolute Gasteiger partial charge is 0.0702 e. The van der Waals surface area contributed by atoms with Gasteiger partial charge < -0.3 is 0 Å². The van der Waals surface area contributed by atoms with Gasteiger partial charge in [0, 0.05) is 40.4 Å². The molecule has 0 amide bonds. The summed E-state index contributed by atoms with van der Waals surface area (Å²) in [4.78, 5) is 0. The van der Waals surface area contributed by atoms with Gasteiger partial charge in [0.15, 0.2) is 0 Å². The van der Waals surface area contributed by atoms with E-state index >= 15 is 0 Å². The molecule has 0 aliphatic carbocycles. The van der Waals surface area contributed by atoms with Crippen molar-refractivity contribution in [1.29, 1.82) is 0 Å². The summed E-state index contributed by atoms with van der Waals surface area (Å²) < 4.78 is 10.2. The quantitative estimate of drug-likeness (QED) is 0.426. The molecule has 1 heterocycles. The van der Waals surface area contributed by atoms with Crippen LogP contribution >= 0.6 is 0 Å². The van der Waals surface area contributed by atoms with Crippen molar-refractivity contribution in [3.8, 4) is 0 Å². The second kappa shape index (κ2) is 3.61. The summed E-state index contributed by atoms with van der Waals surface area (Å²) in [6.07, 6.45) is 3.55. The maximum Gasteiger partial charge on any atom is 0.0702 e. The van der Waals surface area contributed by atoms with Crippen LogP contribution in [0.15, 0.2) is 23.0 Å². The van der Waals surface area contributed by atoms with Crippen LogP contribution in [0.4, 0.5) is 0 Å². The molecule has 0 saturated carbocycles. The molecule has 0 atom stereocenters. The third-order valence-corrected chi connectivity index (χ3v) is 1.39. The molecule has 3 heteroatoms. The molecule has 0 unspecified atom stereocenters. The van der Waals surface area contributed by atoms with E-state index in [1.54, 1.807) is 23.0 Å². The van der Waals surface area contributed by atoms with Crippen molar-refractivity contribution in [2.24, 2.45) is 0 Å². The van der Waals surface area contributed by atoms with E-state index in [4.69, 9.17) is 0 Å². The zero-order chi connectivity index (χ0) is 4.41. The van der Waals surface area contributed by atoms with E-state index in [2.05, 4.69) is 0 Å². The third-order valence-electron chi connectivity index (χ3n) is 0.536. The first-order valence-corrected chi connectivity index (χ1v) is 2.91. The molecule has 0 aromatic carbocycles. The molecular formula is C4H4NaOS. The number of hydrogen-bond donors (Lipinski definition) is 0. The average molecular weight is 123 g/mol. The average Bonchev–Trinajstić information content (AvgIpc) is 1.86. The Labute approximate surface area is 67.2 Å². The van der Waals surface area contributed by atoms with Gasteiger partial charge in [-0.05, 0) is 0 Å². The van der Waals surface area contributed by atoms with Crippen LogP contribution in [-0.4, -0.2) is 33.8 Å². The topological polar surface area (TPSA) is 17.1 Å². The van der Waals surface area contributed by atoms with Crippen molar-refractivity contribution >= 4 is 40.4 Å². The fraction of sp³-hybridized carbons (Fsp3) is 0. The molecule has 0 fully saturated rings. The Kier molecular flexibility index (Phi) is 3.93. The summed E-state index contributed by atoms with van der Waals surface area (Å²) in [5.41, 5.74) is 0. The van der Waals surface area contributed by atoms with Gasteiger partial charge in [-0.3, -0.25) is 4.21 Å². The molecule has 7 heavy (non-hydrogen) atoms. The SMILES string of the molecule is O=S1C=CC=C1.[Na]. The summed E-state index contributed by atoms with van der Waals surface area (Å²) in [6.45, 7) is 0. The Morgan fingerprint density at radius 1 is 1.14 bits per heavy atom. The first-order chi connectivity index (χ1) is 2.89. The minimum absolute atomic E-state index is 0. The molecule has 0 N–H and O–H groups in total. The molecule has 33 valence electrons. The fourth-order valence-electron chi connectivity index (χ4n) is 0.291. The molecule has 1 aliphatic heterocycles. The van der Waals surface area contributed by atoms with E-state index in [0.29, 0.717) is 0 Å². The van der Waals surface area contributed by atoms with Crippen molar-refractivity contribution < 1.29 is 4.21 Å². The second-order valence-electron chi connectivity index (χ2n) is 0.986. The molecule has 1 aliphatic rings. The van der Waals surface area contributed by atoms with Crippen molar-refractivity contribution in [2.45, 2.75) is 0 Å². The van der Waals surface area contributed by atoms with Gasteiger partial charge in [0.2, 0.25) is 0 Å². The Hall–Kier alpha value is 0.630. The second-order valence-corrected chi connectivity index (χ2v) is 2.19. The van der Waals surface area contributed by atoms with E-state index in [9.17, 15) is 4.21 Å². The van der Waals surface area contributed by atoms with E-state index in [-0.39, 0.29) is 29.6 Å². The molecule has 1 radical (unpaired) electrons. The van der Waals surface area contributed by atoms with Crippen molar-refractivity contribution in [3.63, 3.8) is 0 Å². The number of hydrogen-bond acceptors (Lipinski definition) is 1. The summed E-state index contributed by atoms with van der Waals surface area (Å²) >= 11 is 0. The zero-order valence-corrected chi connectivity index (χ0v) is 6.94. The van der Waals surface area contributed by atoms with Crippen LogP contribution in [0.25, 0.3) is 0 Å². The van der Waals surface area contributed by atoms with Crippen LogP contribution < -0.4 is 0 Å². The molecule has 1 rings (SSSR count). The van der Waals surface area contributed by atoms with Crippen LogP contribution in [0.3, 0.4) is 0 Å². The van der Waals surface area contributed by atoms with Crippen molar-refractivity contribution in [2.75, 3.05) is 0 Å². The largest absolute Gasteiger partial charge is 0.250 e. The maximum atomic E-state index is 10.2. The molecule has 0 spiro atoms. The van der Waals surface area contributed by atoms with Crippen molar-refractivity contribution in [1.82, 2.24) is 0 Å². The van der Waals surface area contributed by atoms with Crippen LogP contribution in [-0.2, 0) is 10.8 Å². The molecule has 0 aromatic rings. The summed E-state index contributed by atoms with van der Waals surface area (Å²) in [6, 6.07) is 0. The van der Waals surface area contributed by atoms with E-state index in [0.717, 1.165) is 0 Å². The van der Waals surface area contributed by atoms with Gasteiger partial charge in [-0.2, -0.15) is 0 Å². The minimum atomic E-state index is -0.784. The summed E-state index contributed by atoms with van der Waals surface area (Å²) in [7, 11) is -0.784. The monoisotopic (exact) mass is 123 g/mol. The van der Waals surface area contributed by atoms with Crippen LogP contribution in [0.2, 0.25) is 0 Å². The van der Waals surface area contributed by atoms with E-state index in [1.165, 1.54) is 0 Å². The first kappa shape index (κ1) is 7.63.